The van der Waals surface area contributed by atoms with Crippen molar-refractivity contribution in [3.05, 3.63) is 24.3 Å². The first kappa shape index (κ1) is 11.3. The summed E-state index contributed by atoms with van der Waals surface area (Å²) < 4.78 is 17.1. The Morgan fingerprint density at radius 2 is 2.07 bits per heavy atom. The maximum atomic E-state index is 11.9. The van der Waals surface area contributed by atoms with Gasteiger partial charge in [-0.25, -0.2) is 0 Å². The molecule has 3 heteroatoms. The maximum absolute atomic E-state index is 11.9. The molecule has 1 aromatic rings. The van der Waals surface area contributed by atoms with Gasteiger partial charge in [0.1, 0.15) is 13.6 Å². The molecule has 1 atom stereocenters. The van der Waals surface area contributed by atoms with Gasteiger partial charge >= 0.3 is 0 Å². The molecule has 1 aromatic carbocycles. The predicted octanol–water partition coefficient (Wildman–Crippen LogP) is 2.68. The van der Waals surface area contributed by atoms with Gasteiger partial charge in [-0.2, -0.15) is 0 Å². The lowest BCUT2D eigenvalue weighted by molar-refractivity contribution is 0.418. The van der Waals surface area contributed by atoms with E-state index in [9.17, 15) is 4.57 Å². The highest BCUT2D eigenvalue weighted by molar-refractivity contribution is 7.53. The largest absolute Gasteiger partial charge is 0.496 e. The Balaban J connectivity index is 2.78. The Bertz CT molecular complexity index is 310. The third kappa shape index (κ3) is 2.88. The highest BCUT2D eigenvalue weighted by Gasteiger charge is 2.08. The molecule has 0 aliphatic carbocycles. The van der Waals surface area contributed by atoms with Gasteiger partial charge in [0.2, 0.25) is 0 Å². The lowest BCUT2D eigenvalue weighted by Crippen LogP contribution is -2.03. The molecule has 0 aliphatic heterocycles. The van der Waals surface area contributed by atoms with Crippen LogP contribution in [0.2, 0.25) is 0 Å². The summed E-state index contributed by atoms with van der Waals surface area (Å²) in [6, 6.07) is 7.57. The zero-order valence-electron chi connectivity index (χ0n) is 8.75. The fourth-order valence-electron chi connectivity index (χ4n) is 1.35. The molecule has 1 unspecified atom stereocenters. The Kier molecular flexibility index (Phi) is 4.75. The van der Waals surface area contributed by atoms with Crippen LogP contribution in [-0.4, -0.2) is 13.3 Å². The van der Waals surface area contributed by atoms with Crippen molar-refractivity contribution in [3.63, 3.8) is 0 Å². The van der Waals surface area contributed by atoms with Gasteiger partial charge < -0.3 is 9.30 Å². The summed E-state index contributed by atoms with van der Waals surface area (Å²) in [4.78, 5) is 0. The monoisotopic (exact) mass is 212 g/mol. The number of unbranched alkanes of at least 4 members (excludes halogenated alkanes) is 1. The summed E-state index contributed by atoms with van der Waals surface area (Å²) in [5.41, 5.74) is 0. The van der Waals surface area contributed by atoms with E-state index in [4.69, 9.17) is 4.74 Å². The van der Waals surface area contributed by atoms with Crippen molar-refractivity contribution in [2.45, 2.75) is 19.8 Å². The Morgan fingerprint density at radius 3 is 2.71 bits per heavy atom. The number of hydrogen-bond donors (Lipinski definition) is 0. The number of hydrogen-bond acceptors (Lipinski definition) is 2. The number of benzene rings is 1. The lowest BCUT2D eigenvalue weighted by atomic mass is 10.3. The van der Waals surface area contributed by atoms with Gasteiger partial charge in [-0.3, -0.25) is 0 Å². The van der Waals surface area contributed by atoms with E-state index in [2.05, 4.69) is 6.92 Å². The molecule has 0 amide bonds. The van der Waals surface area contributed by atoms with E-state index in [1.165, 1.54) is 0 Å². The van der Waals surface area contributed by atoms with Crippen molar-refractivity contribution >= 4 is 13.1 Å². The average Bonchev–Trinajstić information content (AvgIpc) is 2.25. The molecule has 0 radical (unpaired) electrons. The molecule has 0 bridgehead atoms. The topological polar surface area (TPSA) is 26.3 Å². The molecule has 78 valence electrons. The molecule has 2 nitrogen and oxygen atoms in total. The minimum absolute atomic E-state index is 0.757. The van der Waals surface area contributed by atoms with Gasteiger partial charge in [-0.15, -0.1) is 0 Å². The van der Waals surface area contributed by atoms with Gasteiger partial charge in [-0.05, 0) is 18.6 Å². The fraction of sp³-hybridized carbons (Fsp3) is 0.455. The second kappa shape index (κ2) is 5.87. The van der Waals surface area contributed by atoms with E-state index < -0.39 is 7.80 Å². The van der Waals surface area contributed by atoms with Crippen LogP contribution in [0, 0.1) is 0 Å². The van der Waals surface area contributed by atoms with Crippen LogP contribution >= 0.6 is 7.80 Å². The lowest BCUT2D eigenvalue weighted by Gasteiger charge is -2.07. The highest BCUT2D eigenvalue weighted by Crippen LogP contribution is 2.26. The summed E-state index contributed by atoms with van der Waals surface area (Å²) in [7, 11) is -0.0278. The molecule has 0 aromatic heterocycles. The van der Waals surface area contributed by atoms with Crippen LogP contribution in [0.5, 0.6) is 5.75 Å². The summed E-state index contributed by atoms with van der Waals surface area (Å²) in [5, 5.41) is 0.883. The molecule has 1 rings (SSSR count). The zero-order chi connectivity index (χ0) is 10.4. The van der Waals surface area contributed by atoms with Crippen molar-refractivity contribution in [1.29, 1.82) is 0 Å². The first-order chi connectivity index (χ1) is 6.79. The van der Waals surface area contributed by atoms with Crippen molar-refractivity contribution < 1.29 is 9.30 Å². The number of ether oxygens (including phenoxy) is 1. The Morgan fingerprint density at radius 1 is 1.36 bits per heavy atom. The van der Waals surface area contributed by atoms with Gasteiger partial charge in [-0.1, -0.05) is 25.5 Å². The third-order valence-corrected chi connectivity index (χ3v) is 3.99. The minimum Gasteiger partial charge on any atom is -0.496 e. The maximum Gasteiger partial charge on any atom is 0.129 e. The van der Waals surface area contributed by atoms with Crippen LogP contribution in [0.25, 0.3) is 0 Å². The molecule has 0 spiro atoms. The second-order valence-electron chi connectivity index (χ2n) is 3.23. The van der Waals surface area contributed by atoms with E-state index in [1.807, 2.05) is 24.3 Å². The van der Waals surface area contributed by atoms with Gasteiger partial charge in [0.25, 0.3) is 0 Å². The van der Waals surface area contributed by atoms with Gasteiger partial charge in [0.15, 0.2) is 0 Å². The quantitative estimate of drug-likeness (QED) is 0.701. The van der Waals surface area contributed by atoms with E-state index in [-0.39, 0.29) is 0 Å². The zero-order valence-corrected chi connectivity index (χ0v) is 9.75. The highest BCUT2D eigenvalue weighted by atomic mass is 31.1. The number of rotatable bonds is 5. The summed E-state index contributed by atoms with van der Waals surface area (Å²) in [6.45, 7) is 2.11. The first-order valence-corrected chi connectivity index (χ1v) is 6.57. The van der Waals surface area contributed by atoms with Crippen molar-refractivity contribution in [3.8, 4) is 5.75 Å². The number of methoxy groups -OCH3 is 1. The van der Waals surface area contributed by atoms with Crippen LogP contribution in [-0.2, 0) is 4.57 Å². The van der Waals surface area contributed by atoms with Gasteiger partial charge in [0.05, 0.1) is 12.4 Å². The van der Waals surface area contributed by atoms with Crippen molar-refractivity contribution in [2.75, 3.05) is 13.3 Å². The smallest absolute Gasteiger partial charge is 0.129 e. The van der Waals surface area contributed by atoms with E-state index in [0.717, 1.165) is 30.1 Å². The molecular weight excluding hydrogens is 195 g/mol. The summed E-state index contributed by atoms with van der Waals surface area (Å²) >= 11 is 0. The van der Waals surface area contributed by atoms with Crippen LogP contribution in [0.15, 0.2) is 24.3 Å². The molecule has 0 heterocycles. The molecule has 0 saturated carbocycles. The predicted molar refractivity (Wildman–Crippen MR) is 61.4 cm³/mol. The average molecular weight is 212 g/mol. The van der Waals surface area contributed by atoms with E-state index >= 15 is 0 Å². The second-order valence-corrected chi connectivity index (χ2v) is 5.11. The molecule has 0 aliphatic rings. The molecule has 0 N–H and O–H groups in total. The number of para-hydroxylation sites is 1. The Hall–Kier alpha value is -0.750. The third-order valence-electron chi connectivity index (χ3n) is 2.16. The minimum atomic E-state index is -1.65. The van der Waals surface area contributed by atoms with Crippen LogP contribution < -0.4 is 10.0 Å². The molecule has 0 saturated heterocycles. The summed E-state index contributed by atoms with van der Waals surface area (Å²) in [5.74, 6) is 0.757. The van der Waals surface area contributed by atoms with E-state index in [1.54, 1.807) is 7.11 Å². The van der Waals surface area contributed by atoms with Crippen LogP contribution in [0.4, 0.5) is 0 Å². The molecule has 0 fully saturated rings. The first-order valence-electron chi connectivity index (χ1n) is 4.95. The normalized spacial score (nSPS) is 12.4. The Labute approximate surface area is 86.1 Å². The van der Waals surface area contributed by atoms with Gasteiger partial charge in [0, 0.05) is 6.16 Å². The molecular formula is C11H17O2P. The van der Waals surface area contributed by atoms with Crippen LogP contribution in [0.1, 0.15) is 19.8 Å². The van der Waals surface area contributed by atoms with Crippen molar-refractivity contribution in [2.24, 2.45) is 0 Å². The SMILES string of the molecule is CCCC[PH](=O)c1ccccc1OC. The molecule has 14 heavy (non-hydrogen) atoms. The van der Waals surface area contributed by atoms with Crippen molar-refractivity contribution in [1.82, 2.24) is 0 Å². The van der Waals surface area contributed by atoms with E-state index in [0.29, 0.717) is 0 Å². The fourth-order valence-corrected chi connectivity index (χ4v) is 3.03. The van der Waals surface area contributed by atoms with Crippen LogP contribution in [0.3, 0.4) is 0 Å². The summed E-state index contributed by atoms with van der Waals surface area (Å²) in [6.07, 6.45) is 2.91. The standard InChI is InChI=1S/C11H17O2P/c1-3-4-9-14(12)11-8-6-5-7-10(11)13-2/h5-8,14H,3-4,9H2,1-2H3.